The van der Waals surface area contributed by atoms with Crippen LogP contribution in [0.15, 0.2) is 0 Å². The van der Waals surface area contributed by atoms with Crippen LogP contribution in [-0.4, -0.2) is 37.2 Å². The Morgan fingerprint density at radius 1 is 0.500 bits per heavy atom. The maximum absolute atomic E-state index is 6.34. The number of unbranched alkanes of at least 4 members (excludes halogenated alkanes) is 6. The lowest BCUT2D eigenvalue weighted by molar-refractivity contribution is 0.0449. The van der Waals surface area contributed by atoms with Crippen LogP contribution in [0.1, 0.15) is 104 Å². The SMILES string of the molecule is CCCCCCC(Cl)CCCOCCOCCCC(Cl)CCCCCC. The number of halogens is 2. The fourth-order valence-corrected chi connectivity index (χ4v) is 3.63. The Kier molecular flexibility index (Phi) is 22.2. The van der Waals surface area contributed by atoms with Gasteiger partial charge in [-0.15, -0.1) is 23.2 Å². The molecule has 0 saturated heterocycles. The van der Waals surface area contributed by atoms with Gasteiger partial charge in [0.05, 0.1) is 13.2 Å². The molecule has 0 bridgehead atoms. The maximum Gasteiger partial charge on any atom is 0.0700 e. The molecule has 0 rings (SSSR count). The highest BCUT2D eigenvalue weighted by atomic mass is 35.5. The summed E-state index contributed by atoms with van der Waals surface area (Å²) in [5.41, 5.74) is 0. The summed E-state index contributed by atoms with van der Waals surface area (Å²) in [7, 11) is 0. The normalized spacial score (nSPS) is 13.8. The van der Waals surface area contributed by atoms with E-state index in [1.807, 2.05) is 0 Å². The van der Waals surface area contributed by atoms with Crippen LogP contribution in [0.3, 0.4) is 0 Å². The number of ether oxygens (including phenoxy) is 2. The van der Waals surface area contributed by atoms with Crippen LogP contribution in [0.2, 0.25) is 0 Å². The number of alkyl halides is 2. The summed E-state index contributed by atoms with van der Waals surface area (Å²) in [6.45, 7) is 7.44. The zero-order valence-electron chi connectivity index (χ0n) is 17.5. The molecule has 158 valence electrons. The van der Waals surface area contributed by atoms with Gasteiger partial charge in [-0.2, -0.15) is 0 Å². The Morgan fingerprint density at radius 2 is 0.885 bits per heavy atom. The third-order valence-electron chi connectivity index (χ3n) is 4.73. The predicted molar refractivity (Wildman–Crippen MR) is 117 cm³/mol. The smallest absolute Gasteiger partial charge is 0.0700 e. The second-order valence-electron chi connectivity index (χ2n) is 7.40. The van der Waals surface area contributed by atoms with Crippen molar-refractivity contribution < 1.29 is 9.47 Å². The lowest BCUT2D eigenvalue weighted by Crippen LogP contribution is -2.08. The molecule has 26 heavy (non-hydrogen) atoms. The minimum Gasteiger partial charge on any atom is -0.379 e. The minimum absolute atomic E-state index is 0.317. The van der Waals surface area contributed by atoms with Crippen molar-refractivity contribution in [3.05, 3.63) is 0 Å². The maximum atomic E-state index is 6.34. The lowest BCUT2D eigenvalue weighted by Gasteiger charge is -2.10. The van der Waals surface area contributed by atoms with Crippen LogP contribution in [-0.2, 0) is 9.47 Å². The fraction of sp³-hybridized carbons (Fsp3) is 1.00. The summed E-state index contributed by atoms with van der Waals surface area (Å²) in [4.78, 5) is 0. The molecule has 0 aliphatic carbocycles. The zero-order chi connectivity index (χ0) is 19.3. The van der Waals surface area contributed by atoms with Gasteiger partial charge in [0, 0.05) is 24.0 Å². The number of hydrogen-bond acceptors (Lipinski definition) is 2. The van der Waals surface area contributed by atoms with Gasteiger partial charge in [-0.05, 0) is 38.5 Å². The van der Waals surface area contributed by atoms with Crippen LogP contribution in [0.5, 0.6) is 0 Å². The van der Waals surface area contributed by atoms with Crippen molar-refractivity contribution in [3.63, 3.8) is 0 Å². The first kappa shape index (κ1) is 26.5. The van der Waals surface area contributed by atoms with Gasteiger partial charge in [0.1, 0.15) is 0 Å². The van der Waals surface area contributed by atoms with Crippen LogP contribution < -0.4 is 0 Å². The van der Waals surface area contributed by atoms with Crippen molar-refractivity contribution in [3.8, 4) is 0 Å². The van der Waals surface area contributed by atoms with Crippen LogP contribution in [0, 0.1) is 0 Å². The fourth-order valence-electron chi connectivity index (χ4n) is 3.01. The Morgan fingerprint density at radius 3 is 1.27 bits per heavy atom. The summed E-state index contributed by atoms with van der Waals surface area (Å²) in [5.74, 6) is 0. The van der Waals surface area contributed by atoms with E-state index < -0.39 is 0 Å². The van der Waals surface area contributed by atoms with E-state index in [1.54, 1.807) is 0 Å². The summed E-state index contributed by atoms with van der Waals surface area (Å²) in [6, 6.07) is 0. The third-order valence-corrected chi connectivity index (χ3v) is 5.60. The van der Waals surface area contributed by atoms with Gasteiger partial charge < -0.3 is 9.47 Å². The Bertz CT molecular complexity index is 239. The van der Waals surface area contributed by atoms with E-state index in [0.717, 1.165) is 51.7 Å². The predicted octanol–water partition coefficient (Wildman–Crippen LogP) is 7.74. The molecule has 0 aliphatic rings. The first-order chi connectivity index (χ1) is 12.7. The minimum atomic E-state index is 0.317. The van der Waals surface area contributed by atoms with Gasteiger partial charge >= 0.3 is 0 Å². The highest BCUT2D eigenvalue weighted by Crippen LogP contribution is 2.16. The first-order valence-corrected chi connectivity index (χ1v) is 12.0. The average Bonchev–Trinajstić information content (AvgIpc) is 2.64. The summed E-state index contributed by atoms with van der Waals surface area (Å²) in [5, 5.41) is 0.634. The molecular formula is C22H44Cl2O2. The molecule has 0 heterocycles. The molecule has 0 aromatic rings. The van der Waals surface area contributed by atoms with E-state index in [4.69, 9.17) is 32.7 Å². The van der Waals surface area contributed by atoms with Crippen molar-refractivity contribution >= 4 is 23.2 Å². The quantitative estimate of drug-likeness (QED) is 0.142. The Balaban J connectivity index is 3.19. The molecular weight excluding hydrogens is 367 g/mol. The second kappa shape index (κ2) is 21.8. The Labute approximate surface area is 173 Å². The average molecular weight is 411 g/mol. The molecule has 2 nitrogen and oxygen atoms in total. The third kappa shape index (κ3) is 20.8. The summed E-state index contributed by atoms with van der Waals surface area (Å²) < 4.78 is 11.2. The van der Waals surface area contributed by atoms with Gasteiger partial charge in [0.2, 0.25) is 0 Å². The van der Waals surface area contributed by atoms with Crippen molar-refractivity contribution in [2.75, 3.05) is 26.4 Å². The molecule has 0 aromatic carbocycles. The highest BCUT2D eigenvalue weighted by Gasteiger charge is 2.05. The zero-order valence-corrected chi connectivity index (χ0v) is 19.0. The van der Waals surface area contributed by atoms with Gasteiger partial charge in [-0.1, -0.05) is 65.2 Å². The topological polar surface area (TPSA) is 18.5 Å². The van der Waals surface area contributed by atoms with E-state index >= 15 is 0 Å². The highest BCUT2D eigenvalue weighted by molar-refractivity contribution is 6.20. The van der Waals surface area contributed by atoms with Crippen LogP contribution in [0.25, 0.3) is 0 Å². The van der Waals surface area contributed by atoms with E-state index in [0.29, 0.717) is 24.0 Å². The van der Waals surface area contributed by atoms with Crippen molar-refractivity contribution in [1.29, 1.82) is 0 Å². The van der Waals surface area contributed by atoms with Crippen molar-refractivity contribution in [2.45, 2.75) is 114 Å². The van der Waals surface area contributed by atoms with E-state index in [9.17, 15) is 0 Å². The molecule has 0 N–H and O–H groups in total. The molecule has 0 aliphatic heterocycles. The molecule has 2 atom stereocenters. The van der Waals surface area contributed by atoms with Crippen molar-refractivity contribution in [2.24, 2.45) is 0 Å². The largest absolute Gasteiger partial charge is 0.379 e. The number of hydrogen-bond donors (Lipinski definition) is 0. The Hall–Kier alpha value is 0.500. The van der Waals surface area contributed by atoms with E-state index in [2.05, 4.69) is 13.8 Å². The first-order valence-electron chi connectivity index (χ1n) is 11.1. The van der Waals surface area contributed by atoms with Gasteiger partial charge in [0.25, 0.3) is 0 Å². The number of rotatable bonds is 21. The standard InChI is InChI=1S/C22H44Cl2O2/c1-3-5-7-9-13-21(23)15-11-17-25-19-20-26-18-12-16-22(24)14-10-8-6-4-2/h21-22H,3-20H2,1-2H3. The van der Waals surface area contributed by atoms with Gasteiger partial charge in [-0.25, -0.2) is 0 Å². The lowest BCUT2D eigenvalue weighted by atomic mass is 10.1. The van der Waals surface area contributed by atoms with Crippen molar-refractivity contribution in [1.82, 2.24) is 0 Å². The molecule has 0 spiro atoms. The van der Waals surface area contributed by atoms with Gasteiger partial charge in [-0.3, -0.25) is 0 Å². The summed E-state index contributed by atoms with van der Waals surface area (Å²) >= 11 is 12.7. The molecule has 0 fully saturated rings. The molecule has 0 saturated carbocycles. The second-order valence-corrected chi connectivity index (χ2v) is 8.64. The van der Waals surface area contributed by atoms with Crippen LogP contribution >= 0.6 is 23.2 Å². The monoisotopic (exact) mass is 410 g/mol. The van der Waals surface area contributed by atoms with Crippen LogP contribution in [0.4, 0.5) is 0 Å². The van der Waals surface area contributed by atoms with Gasteiger partial charge in [0.15, 0.2) is 0 Å². The van der Waals surface area contributed by atoms with E-state index in [-0.39, 0.29) is 0 Å². The van der Waals surface area contributed by atoms with E-state index in [1.165, 1.54) is 51.4 Å². The molecule has 0 amide bonds. The molecule has 2 unspecified atom stereocenters. The molecule has 0 aromatic heterocycles. The summed E-state index contributed by atoms with van der Waals surface area (Å²) in [6.07, 6.45) is 16.9. The molecule has 4 heteroatoms. The molecule has 0 radical (unpaired) electrons.